The number of hydrogen-bond donors (Lipinski definition) is 8. The quantitative estimate of drug-likeness (QED) is 0.110. The second kappa shape index (κ2) is 15.5. The predicted molar refractivity (Wildman–Crippen MR) is 154 cm³/mol. The average molecular weight is 567 g/mol. The number of aliphatic hydroxyl groups is 1. The molecular weight excluding hydrogens is 528 g/mol. The predicted octanol–water partition coefficient (Wildman–Crippen LogP) is -0.0593. The number of amides is 3. The standard InChI is InChI=1S/C29H38N6O6/c30-13-7-6-12-23(33-26(37)21(31)17-36)27(38)34-24(14-18-8-2-1-3-9-18)28(39)35-25(29(40)41)15-19-16-32-22-11-5-4-10-20(19)22/h1-5,8-11,16,21,23-25,32,36H,6-7,12-15,17,30-31H2,(H,33,37)(H,34,38)(H,35,39)(H,40,41). The van der Waals surface area contributed by atoms with Crippen molar-refractivity contribution < 1.29 is 29.4 Å². The molecule has 0 aliphatic heterocycles. The van der Waals surface area contributed by atoms with Crippen molar-refractivity contribution in [3.05, 3.63) is 71.9 Å². The third kappa shape index (κ3) is 9.13. The number of hydrogen-bond acceptors (Lipinski definition) is 7. The summed E-state index contributed by atoms with van der Waals surface area (Å²) < 4.78 is 0. The molecule has 0 bridgehead atoms. The number of nitrogens with one attached hydrogen (secondary N) is 4. The molecule has 41 heavy (non-hydrogen) atoms. The second-order valence-electron chi connectivity index (χ2n) is 9.85. The van der Waals surface area contributed by atoms with E-state index in [9.17, 15) is 29.4 Å². The number of nitrogens with two attached hydrogens (primary N) is 2. The van der Waals surface area contributed by atoms with Crippen molar-refractivity contribution in [2.45, 2.75) is 56.3 Å². The van der Waals surface area contributed by atoms with E-state index in [1.54, 1.807) is 30.5 Å². The Kier molecular flexibility index (Phi) is 11.8. The smallest absolute Gasteiger partial charge is 0.326 e. The molecule has 0 aliphatic carbocycles. The van der Waals surface area contributed by atoms with Gasteiger partial charge in [0.1, 0.15) is 24.2 Å². The largest absolute Gasteiger partial charge is 0.480 e. The van der Waals surface area contributed by atoms with Gasteiger partial charge in [0.2, 0.25) is 17.7 Å². The fourth-order valence-corrected chi connectivity index (χ4v) is 4.45. The first-order valence-electron chi connectivity index (χ1n) is 13.5. The molecule has 4 unspecified atom stereocenters. The lowest BCUT2D eigenvalue weighted by Crippen LogP contribution is -2.58. The summed E-state index contributed by atoms with van der Waals surface area (Å²) in [4.78, 5) is 54.5. The van der Waals surface area contributed by atoms with E-state index in [-0.39, 0.29) is 19.3 Å². The zero-order valence-corrected chi connectivity index (χ0v) is 22.7. The minimum atomic E-state index is -1.26. The van der Waals surface area contributed by atoms with E-state index >= 15 is 0 Å². The van der Waals surface area contributed by atoms with E-state index in [0.717, 1.165) is 22.0 Å². The molecule has 1 heterocycles. The van der Waals surface area contributed by atoms with Gasteiger partial charge in [0, 0.05) is 29.9 Å². The summed E-state index contributed by atoms with van der Waals surface area (Å²) >= 11 is 0. The van der Waals surface area contributed by atoms with Crippen molar-refractivity contribution in [2.75, 3.05) is 13.2 Å². The Morgan fingerprint density at radius 2 is 1.44 bits per heavy atom. The lowest BCUT2D eigenvalue weighted by Gasteiger charge is -2.25. The number of unbranched alkanes of at least 4 members (excludes halogenated alkanes) is 1. The summed E-state index contributed by atoms with van der Waals surface area (Å²) in [6.07, 6.45) is 3.16. The van der Waals surface area contributed by atoms with E-state index in [1.165, 1.54) is 0 Å². The van der Waals surface area contributed by atoms with Crippen LogP contribution in [-0.4, -0.2) is 76.2 Å². The topological polar surface area (TPSA) is 213 Å². The van der Waals surface area contributed by atoms with Crippen LogP contribution in [0.2, 0.25) is 0 Å². The molecule has 0 fully saturated rings. The van der Waals surface area contributed by atoms with Gasteiger partial charge in [0.25, 0.3) is 0 Å². The van der Waals surface area contributed by atoms with Crippen LogP contribution in [0.15, 0.2) is 60.8 Å². The summed E-state index contributed by atoms with van der Waals surface area (Å²) in [7, 11) is 0. The number of aliphatic hydroxyl groups excluding tert-OH is 1. The van der Waals surface area contributed by atoms with Crippen LogP contribution < -0.4 is 27.4 Å². The van der Waals surface area contributed by atoms with Crippen LogP contribution in [0.5, 0.6) is 0 Å². The van der Waals surface area contributed by atoms with Gasteiger partial charge in [-0.05, 0) is 43.0 Å². The zero-order valence-electron chi connectivity index (χ0n) is 22.7. The van der Waals surface area contributed by atoms with Crippen molar-refractivity contribution in [3.8, 4) is 0 Å². The lowest BCUT2D eigenvalue weighted by molar-refractivity contribution is -0.142. The first-order valence-corrected chi connectivity index (χ1v) is 13.5. The van der Waals surface area contributed by atoms with Gasteiger partial charge in [-0.15, -0.1) is 0 Å². The number of benzene rings is 2. The van der Waals surface area contributed by atoms with E-state index in [4.69, 9.17) is 11.5 Å². The van der Waals surface area contributed by atoms with Gasteiger partial charge >= 0.3 is 5.97 Å². The molecule has 0 aliphatic rings. The highest BCUT2D eigenvalue weighted by atomic mass is 16.4. The minimum absolute atomic E-state index is 0.0217. The Balaban J connectivity index is 1.80. The van der Waals surface area contributed by atoms with Crippen molar-refractivity contribution >= 4 is 34.6 Å². The molecule has 1 aromatic heterocycles. The van der Waals surface area contributed by atoms with Gasteiger partial charge in [-0.2, -0.15) is 0 Å². The van der Waals surface area contributed by atoms with Crippen LogP contribution in [0.3, 0.4) is 0 Å². The van der Waals surface area contributed by atoms with E-state index in [1.807, 2.05) is 30.3 Å². The van der Waals surface area contributed by atoms with Crippen LogP contribution in [0, 0.1) is 0 Å². The fraction of sp³-hybridized carbons (Fsp3) is 0.379. The highest BCUT2D eigenvalue weighted by molar-refractivity contribution is 5.94. The van der Waals surface area contributed by atoms with Crippen LogP contribution in [-0.2, 0) is 32.0 Å². The fourth-order valence-electron chi connectivity index (χ4n) is 4.45. The molecule has 3 aromatic rings. The first kappa shape index (κ1) is 31.3. The Hall–Kier alpha value is -4.26. The number of aromatic amines is 1. The van der Waals surface area contributed by atoms with Gasteiger partial charge in [0.05, 0.1) is 6.61 Å². The van der Waals surface area contributed by atoms with E-state index < -0.39 is 54.5 Å². The van der Waals surface area contributed by atoms with Gasteiger partial charge in [-0.1, -0.05) is 48.5 Å². The number of aromatic nitrogens is 1. The monoisotopic (exact) mass is 566 g/mol. The van der Waals surface area contributed by atoms with Gasteiger partial charge in [-0.25, -0.2) is 4.79 Å². The number of carbonyl (C=O) groups excluding carboxylic acids is 3. The van der Waals surface area contributed by atoms with Gasteiger partial charge in [-0.3, -0.25) is 14.4 Å². The summed E-state index contributed by atoms with van der Waals surface area (Å²) in [5.41, 5.74) is 13.5. The maximum absolute atomic E-state index is 13.5. The van der Waals surface area contributed by atoms with Crippen molar-refractivity contribution in [3.63, 3.8) is 0 Å². The molecule has 0 radical (unpaired) electrons. The molecular formula is C29H38N6O6. The lowest BCUT2D eigenvalue weighted by atomic mass is 10.0. The number of carbonyl (C=O) groups is 4. The maximum Gasteiger partial charge on any atom is 0.326 e. The number of H-pyrrole nitrogens is 1. The third-order valence-corrected chi connectivity index (χ3v) is 6.74. The Morgan fingerprint density at radius 3 is 2.12 bits per heavy atom. The van der Waals surface area contributed by atoms with Crippen LogP contribution >= 0.6 is 0 Å². The summed E-state index contributed by atoms with van der Waals surface area (Å²) in [5, 5.41) is 27.8. The van der Waals surface area contributed by atoms with E-state index in [0.29, 0.717) is 19.4 Å². The second-order valence-corrected chi connectivity index (χ2v) is 9.85. The molecule has 0 spiro atoms. The van der Waals surface area contributed by atoms with Gasteiger partial charge in [0.15, 0.2) is 0 Å². The number of carboxylic acid groups (broad SMARTS) is 1. The van der Waals surface area contributed by atoms with Gasteiger partial charge < -0.3 is 42.6 Å². The Morgan fingerprint density at radius 1 is 0.805 bits per heavy atom. The minimum Gasteiger partial charge on any atom is -0.480 e. The molecule has 12 heteroatoms. The number of para-hydroxylation sites is 1. The van der Waals surface area contributed by atoms with Crippen molar-refractivity contribution in [1.82, 2.24) is 20.9 Å². The number of aliphatic carboxylic acids is 1. The Bertz CT molecular complexity index is 1310. The number of rotatable bonds is 16. The SMILES string of the molecule is NCCCCC(NC(=O)C(N)CO)C(=O)NC(Cc1ccccc1)C(=O)NC(Cc1c[nH]c2ccccc12)C(=O)O. The number of carboxylic acids is 1. The highest BCUT2D eigenvalue weighted by Gasteiger charge is 2.30. The van der Waals surface area contributed by atoms with Crippen molar-refractivity contribution in [1.29, 1.82) is 0 Å². The Labute approximate surface area is 237 Å². The first-order chi connectivity index (χ1) is 19.7. The molecule has 0 saturated heterocycles. The van der Waals surface area contributed by atoms with Crippen LogP contribution in [0.25, 0.3) is 10.9 Å². The molecule has 3 amide bonds. The molecule has 0 saturated carbocycles. The molecule has 220 valence electrons. The summed E-state index contributed by atoms with van der Waals surface area (Å²) in [6.45, 7) is -0.209. The highest BCUT2D eigenvalue weighted by Crippen LogP contribution is 2.19. The summed E-state index contributed by atoms with van der Waals surface area (Å²) in [6, 6.07) is 11.7. The molecule has 3 rings (SSSR count). The molecule has 2 aromatic carbocycles. The summed E-state index contributed by atoms with van der Waals surface area (Å²) in [5.74, 6) is -3.26. The normalized spacial score (nSPS) is 14.0. The van der Waals surface area contributed by atoms with E-state index in [2.05, 4.69) is 20.9 Å². The van der Waals surface area contributed by atoms with Crippen molar-refractivity contribution in [2.24, 2.45) is 11.5 Å². The molecule has 12 nitrogen and oxygen atoms in total. The maximum atomic E-state index is 13.5. The zero-order chi connectivity index (χ0) is 29.8. The van der Waals surface area contributed by atoms with Crippen LogP contribution in [0.4, 0.5) is 0 Å². The molecule has 10 N–H and O–H groups in total. The number of fused-ring (bicyclic) bond motifs is 1. The molecule has 4 atom stereocenters. The average Bonchev–Trinajstić information content (AvgIpc) is 3.38. The third-order valence-electron chi connectivity index (χ3n) is 6.74. The van der Waals surface area contributed by atoms with Crippen LogP contribution in [0.1, 0.15) is 30.4 Å².